The predicted molar refractivity (Wildman–Crippen MR) is 106 cm³/mol. The molecule has 7 nitrogen and oxygen atoms in total. The van der Waals surface area contributed by atoms with E-state index in [1.807, 2.05) is 36.4 Å². The third-order valence-electron chi connectivity index (χ3n) is 5.10. The Morgan fingerprint density at radius 3 is 2.33 bits per heavy atom. The molecule has 30 heavy (non-hydrogen) atoms. The zero-order valence-electron chi connectivity index (χ0n) is 17.0. The van der Waals surface area contributed by atoms with Crippen LogP contribution in [0.5, 0.6) is 0 Å². The van der Waals surface area contributed by atoms with Crippen LogP contribution in [-0.2, 0) is 30.3 Å². The molecule has 2 aromatic rings. The topological polar surface area (TPSA) is 83.5 Å². The Morgan fingerprint density at radius 1 is 1.00 bits per heavy atom. The van der Waals surface area contributed by atoms with Crippen LogP contribution >= 0.6 is 0 Å². The van der Waals surface area contributed by atoms with Gasteiger partial charge in [0.1, 0.15) is 31.0 Å². The summed E-state index contributed by atoms with van der Waals surface area (Å²) >= 11 is 0. The van der Waals surface area contributed by atoms with Crippen LogP contribution in [-0.4, -0.2) is 54.2 Å². The first-order chi connectivity index (χ1) is 14.4. The zero-order valence-corrected chi connectivity index (χ0v) is 17.0. The number of carbonyl (C=O) groups excluding carboxylic acids is 1. The Bertz CT molecular complexity index is 839. The van der Waals surface area contributed by atoms with Crippen molar-refractivity contribution in [1.29, 1.82) is 0 Å². The lowest BCUT2D eigenvalue weighted by molar-refractivity contribution is -0.283. The Kier molecular flexibility index (Phi) is 6.17. The summed E-state index contributed by atoms with van der Waals surface area (Å²) in [5.41, 5.74) is 1.41. The van der Waals surface area contributed by atoms with Gasteiger partial charge in [0.15, 0.2) is 12.1 Å². The number of hydrogen-bond donors (Lipinski definition) is 1. The summed E-state index contributed by atoms with van der Waals surface area (Å²) < 4.78 is 29.1. The largest absolute Gasteiger partial charge is 0.459 e. The van der Waals surface area contributed by atoms with Crippen LogP contribution in [0.15, 0.2) is 60.7 Å². The first-order valence-corrected chi connectivity index (χ1v) is 10.00. The molecule has 2 aromatic carbocycles. The fraction of sp³-hybridized carbons (Fsp3) is 0.435. The third-order valence-corrected chi connectivity index (χ3v) is 5.10. The molecule has 160 valence electrons. The Hall–Kier alpha value is -2.29. The van der Waals surface area contributed by atoms with Crippen molar-refractivity contribution in [1.82, 2.24) is 0 Å². The molecule has 0 spiro atoms. The van der Waals surface area contributed by atoms with E-state index >= 15 is 0 Å². The standard InChI is InChI=1S/C23H26O7/c1-23(2)29-19-18(24)17(14-26-21(25)16-11-7-4-8-12-16)28-22(20(19)30-23)27-13-15-9-5-3-6-10-15/h3-12,17-20,22,24H,13-14H2,1-2H3/t17-,18-,19+,20+,22+/m1/s1. The lowest BCUT2D eigenvalue weighted by Gasteiger charge is -2.39. The van der Waals surface area contributed by atoms with Crippen LogP contribution in [0.25, 0.3) is 0 Å². The highest BCUT2D eigenvalue weighted by Crippen LogP contribution is 2.38. The van der Waals surface area contributed by atoms with Crippen LogP contribution < -0.4 is 0 Å². The minimum Gasteiger partial charge on any atom is -0.459 e. The van der Waals surface area contributed by atoms with Gasteiger partial charge < -0.3 is 28.8 Å². The normalized spacial score (nSPS) is 29.9. The van der Waals surface area contributed by atoms with Gasteiger partial charge in [-0.25, -0.2) is 4.79 Å². The molecule has 2 aliphatic heterocycles. The van der Waals surface area contributed by atoms with Crippen molar-refractivity contribution in [3.8, 4) is 0 Å². The number of aliphatic hydroxyl groups is 1. The molecule has 0 amide bonds. The fourth-order valence-corrected chi connectivity index (χ4v) is 3.67. The van der Waals surface area contributed by atoms with Crippen LogP contribution in [0.4, 0.5) is 0 Å². The zero-order chi connectivity index (χ0) is 21.1. The van der Waals surface area contributed by atoms with E-state index in [1.54, 1.807) is 38.1 Å². The first-order valence-electron chi connectivity index (χ1n) is 10.00. The number of fused-ring (bicyclic) bond motifs is 1. The number of ether oxygens (including phenoxy) is 5. The highest BCUT2D eigenvalue weighted by molar-refractivity contribution is 5.89. The number of carbonyl (C=O) groups is 1. The summed E-state index contributed by atoms with van der Waals surface area (Å²) in [6.07, 6.45) is -3.87. The first kappa shape index (κ1) is 21.0. The molecular weight excluding hydrogens is 388 g/mol. The Balaban J connectivity index is 1.44. The molecule has 1 N–H and O–H groups in total. The maximum atomic E-state index is 12.3. The van der Waals surface area contributed by atoms with Crippen molar-refractivity contribution in [2.45, 2.75) is 56.9 Å². The third kappa shape index (κ3) is 4.71. The highest BCUT2D eigenvalue weighted by atomic mass is 16.8. The van der Waals surface area contributed by atoms with Crippen molar-refractivity contribution in [3.05, 3.63) is 71.8 Å². The quantitative estimate of drug-likeness (QED) is 0.728. The summed E-state index contributed by atoms with van der Waals surface area (Å²) in [7, 11) is 0. The van der Waals surface area contributed by atoms with Crippen LogP contribution in [0.3, 0.4) is 0 Å². The van der Waals surface area contributed by atoms with E-state index in [-0.39, 0.29) is 6.61 Å². The van der Waals surface area contributed by atoms with E-state index in [0.29, 0.717) is 12.2 Å². The maximum absolute atomic E-state index is 12.3. The minimum atomic E-state index is -1.03. The van der Waals surface area contributed by atoms with Gasteiger partial charge in [-0.1, -0.05) is 48.5 Å². The lowest BCUT2D eigenvalue weighted by Crippen LogP contribution is -2.58. The average Bonchev–Trinajstić information content (AvgIpc) is 3.09. The van der Waals surface area contributed by atoms with Gasteiger partial charge >= 0.3 is 5.97 Å². The summed E-state index contributed by atoms with van der Waals surface area (Å²) in [6, 6.07) is 18.3. The van der Waals surface area contributed by atoms with Gasteiger partial charge in [0.2, 0.25) is 0 Å². The van der Waals surface area contributed by atoms with E-state index in [4.69, 9.17) is 23.7 Å². The number of benzene rings is 2. The summed E-state index contributed by atoms with van der Waals surface area (Å²) in [5.74, 6) is -1.37. The van der Waals surface area contributed by atoms with E-state index in [9.17, 15) is 9.90 Å². The monoisotopic (exact) mass is 414 g/mol. The van der Waals surface area contributed by atoms with Crippen molar-refractivity contribution in [2.24, 2.45) is 0 Å². The van der Waals surface area contributed by atoms with Gasteiger partial charge in [-0.05, 0) is 31.5 Å². The van der Waals surface area contributed by atoms with E-state index < -0.39 is 42.5 Å². The second-order valence-corrected chi connectivity index (χ2v) is 7.86. The molecule has 0 saturated carbocycles. The molecule has 0 radical (unpaired) electrons. The van der Waals surface area contributed by atoms with Crippen LogP contribution in [0.1, 0.15) is 29.8 Å². The van der Waals surface area contributed by atoms with Gasteiger partial charge in [0, 0.05) is 0 Å². The molecule has 7 heteroatoms. The van der Waals surface area contributed by atoms with Crippen molar-refractivity contribution < 1.29 is 33.6 Å². The summed E-state index contributed by atoms with van der Waals surface area (Å²) in [5, 5.41) is 10.8. The summed E-state index contributed by atoms with van der Waals surface area (Å²) in [6.45, 7) is 3.73. The molecular formula is C23H26O7. The summed E-state index contributed by atoms with van der Waals surface area (Å²) in [4.78, 5) is 12.3. The lowest BCUT2D eigenvalue weighted by atomic mass is 9.99. The Morgan fingerprint density at radius 2 is 1.63 bits per heavy atom. The molecule has 2 aliphatic rings. The van der Waals surface area contributed by atoms with Crippen molar-refractivity contribution in [3.63, 3.8) is 0 Å². The highest BCUT2D eigenvalue weighted by Gasteiger charge is 2.55. The van der Waals surface area contributed by atoms with Crippen molar-refractivity contribution in [2.75, 3.05) is 6.61 Å². The van der Waals surface area contributed by atoms with E-state index in [0.717, 1.165) is 5.56 Å². The molecule has 2 saturated heterocycles. The van der Waals surface area contributed by atoms with E-state index in [2.05, 4.69) is 0 Å². The van der Waals surface area contributed by atoms with Crippen molar-refractivity contribution >= 4 is 5.97 Å². The maximum Gasteiger partial charge on any atom is 0.338 e. The van der Waals surface area contributed by atoms with Gasteiger partial charge in [-0.2, -0.15) is 0 Å². The van der Waals surface area contributed by atoms with Gasteiger partial charge in [-0.15, -0.1) is 0 Å². The number of esters is 1. The molecule has 2 fully saturated rings. The fourth-order valence-electron chi connectivity index (χ4n) is 3.67. The smallest absolute Gasteiger partial charge is 0.338 e. The average molecular weight is 414 g/mol. The van der Waals surface area contributed by atoms with Gasteiger partial charge in [-0.3, -0.25) is 0 Å². The second kappa shape index (κ2) is 8.83. The van der Waals surface area contributed by atoms with Crippen LogP contribution in [0, 0.1) is 0 Å². The van der Waals surface area contributed by atoms with Gasteiger partial charge in [0.05, 0.1) is 12.2 Å². The molecule has 0 aliphatic carbocycles. The van der Waals surface area contributed by atoms with Crippen LogP contribution in [0.2, 0.25) is 0 Å². The second-order valence-electron chi connectivity index (χ2n) is 7.86. The molecule has 4 rings (SSSR count). The number of hydrogen-bond acceptors (Lipinski definition) is 7. The molecule has 5 atom stereocenters. The molecule has 0 aromatic heterocycles. The predicted octanol–water partition coefficient (Wildman–Crippen LogP) is 2.67. The number of aliphatic hydroxyl groups excluding tert-OH is 1. The number of rotatable bonds is 6. The Labute approximate surface area is 175 Å². The SMILES string of the molecule is CC1(C)O[C@@H]2[C@@H](OCc3ccccc3)O[C@H](COC(=O)c3ccccc3)[C@@H](O)[C@@H]2O1. The van der Waals surface area contributed by atoms with E-state index in [1.165, 1.54) is 0 Å². The molecule has 2 heterocycles. The molecule has 0 bridgehead atoms. The van der Waals surface area contributed by atoms with Gasteiger partial charge in [0.25, 0.3) is 0 Å². The minimum absolute atomic E-state index is 0.132. The molecule has 0 unspecified atom stereocenters.